The molecule has 0 saturated heterocycles. The first kappa shape index (κ1) is 12.5. The largest absolute Gasteiger partial charge is 0.438 e. The summed E-state index contributed by atoms with van der Waals surface area (Å²) < 4.78 is 36.5. The number of nitrogens with zero attached hydrogens (tertiary/aromatic N) is 3. The quantitative estimate of drug-likeness (QED) is 0.736. The van der Waals surface area contributed by atoms with Gasteiger partial charge in [0.05, 0.1) is 5.69 Å². The molecule has 0 spiro atoms. The molecule has 0 aliphatic carbocycles. The summed E-state index contributed by atoms with van der Waals surface area (Å²) in [6.45, 7) is 1.74. The number of benzene rings is 1. The molecule has 0 aliphatic rings. The van der Waals surface area contributed by atoms with Crippen LogP contribution in [0.1, 0.15) is 17.1 Å². The topological polar surface area (TPSA) is 65.0 Å². The highest BCUT2D eigenvalue weighted by Gasteiger charge is 2.16. The van der Waals surface area contributed by atoms with Gasteiger partial charge in [0.15, 0.2) is 12.2 Å². The number of oxazole rings is 1. The van der Waals surface area contributed by atoms with E-state index >= 15 is 0 Å². The predicted octanol–water partition coefficient (Wildman–Crippen LogP) is 2.90. The molecule has 0 N–H and O–H groups in total. The molecular formula is C13H9F2N3O2. The Kier molecular flexibility index (Phi) is 3.02. The Morgan fingerprint density at radius 2 is 2.10 bits per heavy atom. The molecule has 0 fully saturated rings. The van der Waals surface area contributed by atoms with E-state index in [4.69, 9.17) is 8.94 Å². The van der Waals surface area contributed by atoms with Crippen molar-refractivity contribution in [3.63, 3.8) is 0 Å². The molecule has 102 valence electrons. The van der Waals surface area contributed by atoms with Gasteiger partial charge in [-0.15, -0.1) is 0 Å². The first-order chi connectivity index (χ1) is 9.63. The van der Waals surface area contributed by atoms with Crippen molar-refractivity contribution in [1.82, 2.24) is 15.1 Å². The highest BCUT2D eigenvalue weighted by molar-refractivity contribution is 5.46. The Labute approximate surface area is 112 Å². The van der Waals surface area contributed by atoms with Gasteiger partial charge in [-0.25, -0.2) is 13.8 Å². The van der Waals surface area contributed by atoms with E-state index < -0.39 is 11.6 Å². The van der Waals surface area contributed by atoms with Crippen LogP contribution in [0.3, 0.4) is 0 Å². The zero-order chi connectivity index (χ0) is 14.1. The van der Waals surface area contributed by atoms with Crippen molar-refractivity contribution in [2.75, 3.05) is 0 Å². The normalized spacial score (nSPS) is 10.9. The second-order valence-electron chi connectivity index (χ2n) is 4.20. The van der Waals surface area contributed by atoms with Crippen LogP contribution in [0.2, 0.25) is 0 Å². The van der Waals surface area contributed by atoms with Crippen LogP contribution in [0.15, 0.2) is 33.5 Å². The highest BCUT2D eigenvalue weighted by Crippen LogP contribution is 2.21. The predicted molar refractivity (Wildman–Crippen MR) is 63.7 cm³/mol. The molecule has 0 unspecified atom stereocenters. The van der Waals surface area contributed by atoms with Crippen LogP contribution in [0, 0.1) is 18.6 Å². The van der Waals surface area contributed by atoms with Crippen molar-refractivity contribution >= 4 is 0 Å². The Hall–Kier alpha value is -2.57. The Balaban J connectivity index is 1.86. The summed E-state index contributed by atoms with van der Waals surface area (Å²) in [5, 5.41) is 3.74. The third-order valence-corrected chi connectivity index (χ3v) is 2.77. The monoisotopic (exact) mass is 277 g/mol. The molecule has 5 nitrogen and oxygen atoms in total. The summed E-state index contributed by atoms with van der Waals surface area (Å²) in [6.07, 6.45) is 1.37. The molecule has 20 heavy (non-hydrogen) atoms. The molecule has 2 aromatic heterocycles. The standard InChI is InChI=1S/C13H9F2N3O2/c1-7-12(19-6-16-7)13-17-11(18-20-13)4-8-2-3-9(14)5-10(8)15/h2-3,5-6H,4H2,1H3. The molecule has 0 radical (unpaired) electrons. The van der Waals surface area contributed by atoms with Gasteiger partial charge in [-0.2, -0.15) is 4.98 Å². The fourth-order valence-electron chi connectivity index (χ4n) is 1.76. The Morgan fingerprint density at radius 3 is 2.80 bits per heavy atom. The van der Waals surface area contributed by atoms with Crippen molar-refractivity contribution in [2.24, 2.45) is 0 Å². The van der Waals surface area contributed by atoms with Crippen LogP contribution in [-0.2, 0) is 6.42 Å². The maximum absolute atomic E-state index is 13.5. The molecule has 0 bridgehead atoms. The average molecular weight is 277 g/mol. The lowest BCUT2D eigenvalue weighted by Gasteiger charge is -1.98. The van der Waals surface area contributed by atoms with Crippen LogP contribution in [0.4, 0.5) is 8.78 Å². The van der Waals surface area contributed by atoms with Gasteiger partial charge >= 0.3 is 0 Å². The van der Waals surface area contributed by atoms with Gasteiger partial charge in [0.1, 0.15) is 11.6 Å². The van der Waals surface area contributed by atoms with Gasteiger partial charge in [-0.05, 0) is 18.6 Å². The third-order valence-electron chi connectivity index (χ3n) is 2.77. The molecule has 0 saturated carbocycles. The van der Waals surface area contributed by atoms with Crippen molar-refractivity contribution < 1.29 is 17.7 Å². The lowest BCUT2D eigenvalue weighted by atomic mass is 10.1. The van der Waals surface area contributed by atoms with Gasteiger partial charge in [0, 0.05) is 12.5 Å². The van der Waals surface area contributed by atoms with E-state index in [9.17, 15) is 8.78 Å². The highest BCUT2D eigenvalue weighted by atomic mass is 19.1. The maximum atomic E-state index is 13.5. The minimum absolute atomic E-state index is 0.1000. The van der Waals surface area contributed by atoms with E-state index in [2.05, 4.69) is 15.1 Å². The van der Waals surface area contributed by atoms with Crippen LogP contribution in [0.25, 0.3) is 11.7 Å². The molecule has 1 aromatic carbocycles. The van der Waals surface area contributed by atoms with Crippen LogP contribution >= 0.6 is 0 Å². The van der Waals surface area contributed by atoms with Crippen LogP contribution in [0.5, 0.6) is 0 Å². The lowest BCUT2D eigenvalue weighted by molar-refractivity contribution is 0.409. The third kappa shape index (κ3) is 2.29. The number of aromatic nitrogens is 3. The fourth-order valence-corrected chi connectivity index (χ4v) is 1.76. The van der Waals surface area contributed by atoms with Gasteiger partial charge in [0.25, 0.3) is 5.89 Å². The van der Waals surface area contributed by atoms with Crippen molar-refractivity contribution in [3.8, 4) is 11.7 Å². The lowest BCUT2D eigenvalue weighted by Crippen LogP contribution is -1.95. The van der Waals surface area contributed by atoms with E-state index in [0.29, 0.717) is 11.5 Å². The second kappa shape index (κ2) is 4.84. The van der Waals surface area contributed by atoms with E-state index in [0.717, 1.165) is 6.07 Å². The molecule has 0 amide bonds. The zero-order valence-corrected chi connectivity index (χ0v) is 10.4. The molecule has 2 heterocycles. The number of hydrogen-bond acceptors (Lipinski definition) is 5. The smallest absolute Gasteiger partial charge is 0.295 e. The maximum Gasteiger partial charge on any atom is 0.295 e. The van der Waals surface area contributed by atoms with E-state index in [1.54, 1.807) is 6.92 Å². The summed E-state index contributed by atoms with van der Waals surface area (Å²) >= 11 is 0. The van der Waals surface area contributed by atoms with E-state index in [1.165, 1.54) is 18.5 Å². The zero-order valence-electron chi connectivity index (χ0n) is 10.4. The molecule has 7 heteroatoms. The fraction of sp³-hybridized carbons (Fsp3) is 0.154. The minimum atomic E-state index is -0.646. The summed E-state index contributed by atoms with van der Waals surface area (Å²) in [7, 11) is 0. The molecule has 0 atom stereocenters. The number of rotatable bonds is 3. The first-order valence-corrected chi connectivity index (χ1v) is 5.80. The second-order valence-corrected chi connectivity index (χ2v) is 4.20. The SMILES string of the molecule is Cc1ncoc1-c1nc(Cc2ccc(F)cc2F)no1. The van der Waals surface area contributed by atoms with Crippen LogP contribution < -0.4 is 0 Å². The van der Waals surface area contributed by atoms with Gasteiger partial charge in [-0.1, -0.05) is 11.2 Å². The first-order valence-electron chi connectivity index (χ1n) is 5.80. The summed E-state index contributed by atoms with van der Waals surface area (Å²) in [5.41, 5.74) is 0.904. The summed E-state index contributed by atoms with van der Waals surface area (Å²) in [4.78, 5) is 8.01. The van der Waals surface area contributed by atoms with E-state index in [1.807, 2.05) is 0 Å². The van der Waals surface area contributed by atoms with Crippen molar-refractivity contribution in [3.05, 3.63) is 53.3 Å². The summed E-state index contributed by atoms with van der Waals surface area (Å²) in [6, 6.07) is 3.34. The Bertz CT molecular complexity index is 752. The van der Waals surface area contributed by atoms with Gasteiger partial charge in [-0.3, -0.25) is 0 Å². The number of halogens is 2. The number of aryl methyl sites for hydroxylation is 1. The van der Waals surface area contributed by atoms with Gasteiger partial charge < -0.3 is 8.94 Å². The average Bonchev–Trinajstić information content (AvgIpc) is 3.01. The molecular weight excluding hydrogens is 268 g/mol. The van der Waals surface area contributed by atoms with E-state index in [-0.39, 0.29) is 23.7 Å². The summed E-state index contributed by atoms with van der Waals surface area (Å²) in [5.74, 6) is -0.438. The molecule has 3 aromatic rings. The Morgan fingerprint density at radius 1 is 1.25 bits per heavy atom. The number of hydrogen-bond donors (Lipinski definition) is 0. The van der Waals surface area contributed by atoms with Crippen molar-refractivity contribution in [1.29, 1.82) is 0 Å². The van der Waals surface area contributed by atoms with Crippen LogP contribution in [-0.4, -0.2) is 15.1 Å². The minimum Gasteiger partial charge on any atom is -0.438 e. The molecule has 0 aliphatic heterocycles. The van der Waals surface area contributed by atoms with Gasteiger partial charge in [0.2, 0.25) is 5.76 Å². The molecule has 3 rings (SSSR count). The van der Waals surface area contributed by atoms with Crippen molar-refractivity contribution in [2.45, 2.75) is 13.3 Å².